The fourth-order valence-electron chi connectivity index (χ4n) is 2.89. The summed E-state index contributed by atoms with van der Waals surface area (Å²) in [5.74, 6) is 1.68. The van der Waals surface area contributed by atoms with Gasteiger partial charge in [0.15, 0.2) is 0 Å². The molecule has 0 aromatic heterocycles. The van der Waals surface area contributed by atoms with Crippen molar-refractivity contribution in [1.29, 1.82) is 0 Å². The Labute approximate surface area is 123 Å². The minimum Gasteiger partial charge on any atom is -0.496 e. The molecule has 112 valence electrons. The number of hydrogen-bond donors (Lipinski definition) is 1. The van der Waals surface area contributed by atoms with Crippen molar-refractivity contribution in [2.45, 2.75) is 39.8 Å². The maximum Gasteiger partial charge on any atom is 0.123 e. The van der Waals surface area contributed by atoms with Crippen LogP contribution in [0.4, 0.5) is 0 Å². The Morgan fingerprint density at radius 1 is 1.40 bits per heavy atom. The zero-order valence-corrected chi connectivity index (χ0v) is 13.3. The molecule has 0 amide bonds. The van der Waals surface area contributed by atoms with Gasteiger partial charge in [-0.25, -0.2) is 0 Å². The van der Waals surface area contributed by atoms with E-state index in [0.717, 1.165) is 31.9 Å². The second-order valence-electron chi connectivity index (χ2n) is 6.21. The summed E-state index contributed by atoms with van der Waals surface area (Å²) in [6.45, 7) is 11.1. The lowest BCUT2D eigenvalue weighted by molar-refractivity contribution is 0.235. The second-order valence-corrected chi connectivity index (χ2v) is 6.21. The van der Waals surface area contributed by atoms with Crippen molar-refractivity contribution in [1.82, 2.24) is 10.2 Å². The van der Waals surface area contributed by atoms with Crippen LogP contribution in [0.15, 0.2) is 18.2 Å². The Morgan fingerprint density at radius 3 is 2.90 bits per heavy atom. The van der Waals surface area contributed by atoms with Crippen LogP contribution in [0.3, 0.4) is 0 Å². The van der Waals surface area contributed by atoms with Crippen LogP contribution in [0, 0.1) is 12.8 Å². The summed E-state index contributed by atoms with van der Waals surface area (Å²) < 4.78 is 5.51. The Bertz CT molecular complexity index is 431. The maximum absolute atomic E-state index is 5.51. The molecule has 1 aliphatic rings. The molecule has 2 rings (SSSR count). The first-order valence-electron chi connectivity index (χ1n) is 7.69. The van der Waals surface area contributed by atoms with Crippen molar-refractivity contribution < 1.29 is 4.74 Å². The number of aryl methyl sites for hydroxylation is 1. The quantitative estimate of drug-likeness (QED) is 0.915. The molecule has 0 spiro atoms. The lowest BCUT2D eigenvalue weighted by Crippen LogP contribution is -2.41. The van der Waals surface area contributed by atoms with Crippen LogP contribution in [0.25, 0.3) is 0 Å². The molecule has 3 nitrogen and oxygen atoms in total. The highest BCUT2D eigenvalue weighted by Crippen LogP contribution is 2.22. The topological polar surface area (TPSA) is 24.5 Å². The molecule has 3 heteroatoms. The molecule has 1 aromatic rings. The van der Waals surface area contributed by atoms with Gasteiger partial charge in [-0.1, -0.05) is 31.5 Å². The van der Waals surface area contributed by atoms with Gasteiger partial charge in [0, 0.05) is 24.7 Å². The zero-order valence-electron chi connectivity index (χ0n) is 13.3. The fraction of sp³-hybridized carbons (Fsp3) is 0.647. The van der Waals surface area contributed by atoms with Gasteiger partial charge < -0.3 is 10.1 Å². The Hall–Kier alpha value is -1.06. The van der Waals surface area contributed by atoms with Crippen molar-refractivity contribution >= 4 is 0 Å². The molecule has 1 aromatic carbocycles. The number of ether oxygens (including phenoxy) is 1. The number of nitrogens with one attached hydrogen (secondary N) is 1. The molecule has 1 unspecified atom stereocenters. The second kappa shape index (κ2) is 7.09. The van der Waals surface area contributed by atoms with Gasteiger partial charge in [-0.2, -0.15) is 0 Å². The van der Waals surface area contributed by atoms with Gasteiger partial charge in [-0.05, 0) is 38.4 Å². The van der Waals surface area contributed by atoms with E-state index in [-0.39, 0.29) is 0 Å². The third kappa shape index (κ3) is 3.97. The van der Waals surface area contributed by atoms with Gasteiger partial charge in [-0.15, -0.1) is 0 Å². The van der Waals surface area contributed by atoms with Crippen molar-refractivity contribution in [3.8, 4) is 5.75 Å². The molecule has 0 radical (unpaired) electrons. The highest BCUT2D eigenvalue weighted by molar-refractivity contribution is 5.36. The van der Waals surface area contributed by atoms with E-state index in [1.165, 1.54) is 17.5 Å². The van der Waals surface area contributed by atoms with Gasteiger partial charge in [-0.3, -0.25) is 4.90 Å². The largest absolute Gasteiger partial charge is 0.496 e. The average Bonchev–Trinajstić information content (AvgIpc) is 2.65. The minimum absolute atomic E-state index is 0.591. The normalized spacial score (nSPS) is 20.9. The number of hydrogen-bond acceptors (Lipinski definition) is 3. The smallest absolute Gasteiger partial charge is 0.123 e. The van der Waals surface area contributed by atoms with Crippen molar-refractivity contribution in [2.24, 2.45) is 5.92 Å². The Morgan fingerprint density at radius 2 is 2.20 bits per heavy atom. The lowest BCUT2D eigenvalue weighted by Gasteiger charge is -2.27. The molecule has 1 fully saturated rings. The van der Waals surface area contributed by atoms with E-state index < -0.39 is 0 Å². The molecule has 0 saturated carbocycles. The molecule has 1 heterocycles. The van der Waals surface area contributed by atoms with Crippen LogP contribution < -0.4 is 10.1 Å². The summed E-state index contributed by atoms with van der Waals surface area (Å²) in [4.78, 5) is 2.56. The van der Waals surface area contributed by atoms with E-state index in [1.807, 2.05) is 0 Å². The van der Waals surface area contributed by atoms with Gasteiger partial charge >= 0.3 is 0 Å². The first-order valence-corrected chi connectivity index (χ1v) is 7.69. The van der Waals surface area contributed by atoms with E-state index in [2.05, 4.69) is 49.2 Å². The van der Waals surface area contributed by atoms with Crippen LogP contribution in [-0.4, -0.2) is 37.7 Å². The van der Waals surface area contributed by atoms with Gasteiger partial charge in [0.05, 0.1) is 7.11 Å². The van der Waals surface area contributed by atoms with Crippen molar-refractivity contribution in [3.05, 3.63) is 29.3 Å². The van der Waals surface area contributed by atoms with Crippen molar-refractivity contribution in [3.63, 3.8) is 0 Å². The van der Waals surface area contributed by atoms with Crippen LogP contribution in [0.2, 0.25) is 0 Å². The number of rotatable bonds is 4. The van der Waals surface area contributed by atoms with E-state index >= 15 is 0 Å². The van der Waals surface area contributed by atoms with E-state index in [1.54, 1.807) is 7.11 Å². The lowest BCUT2D eigenvalue weighted by atomic mass is 10.0. The van der Waals surface area contributed by atoms with Crippen LogP contribution in [0.5, 0.6) is 5.75 Å². The van der Waals surface area contributed by atoms with E-state index in [4.69, 9.17) is 4.74 Å². The average molecular weight is 276 g/mol. The maximum atomic E-state index is 5.51. The third-order valence-corrected chi connectivity index (χ3v) is 4.15. The summed E-state index contributed by atoms with van der Waals surface area (Å²) >= 11 is 0. The Kier molecular flexibility index (Phi) is 5.44. The van der Waals surface area contributed by atoms with Gasteiger partial charge in [0.2, 0.25) is 0 Å². The van der Waals surface area contributed by atoms with Gasteiger partial charge in [0.1, 0.15) is 5.75 Å². The summed E-state index contributed by atoms with van der Waals surface area (Å²) in [6.07, 6.45) is 1.22. The molecule has 1 aliphatic heterocycles. The summed E-state index contributed by atoms with van der Waals surface area (Å²) in [7, 11) is 1.76. The predicted molar refractivity (Wildman–Crippen MR) is 84.3 cm³/mol. The molecular weight excluding hydrogens is 248 g/mol. The first kappa shape index (κ1) is 15.3. The van der Waals surface area contributed by atoms with Crippen LogP contribution in [-0.2, 0) is 6.54 Å². The highest BCUT2D eigenvalue weighted by atomic mass is 16.5. The number of benzene rings is 1. The number of nitrogens with zero attached hydrogens (tertiary/aromatic N) is 1. The monoisotopic (exact) mass is 276 g/mol. The molecule has 1 atom stereocenters. The van der Waals surface area contributed by atoms with E-state index in [9.17, 15) is 0 Å². The SMILES string of the molecule is COc1ccc(C)cc1CN1CCCNC(C(C)C)C1. The predicted octanol–water partition coefficient (Wildman–Crippen LogP) is 2.82. The molecule has 0 bridgehead atoms. The molecule has 1 N–H and O–H groups in total. The molecule has 1 saturated heterocycles. The van der Waals surface area contributed by atoms with Gasteiger partial charge in [0.25, 0.3) is 0 Å². The highest BCUT2D eigenvalue weighted by Gasteiger charge is 2.21. The molecule has 20 heavy (non-hydrogen) atoms. The van der Waals surface area contributed by atoms with Crippen LogP contribution in [0.1, 0.15) is 31.4 Å². The summed E-state index contributed by atoms with van der Waals surface area (Å²) in [5, 5.41) is 3.66. The number of methoxy groups -OCH3 is 1. The fourth-order valence-corrected chi connectivity index (χ4v) is 2.89. The minimum atomic E-state index is 0.591. The van der Waals surface area contributed by atoms with Crippen molar-refractivity contribution in [2.75, 3.05) is 26.7 Å². The van der Waals surface area contributed by atoms with E-state index in [0.29, 0.717) is 12.0 Å². The molecular formula is C17H28N2O. The standard InChI is InChI=1S/C17H28N2O/c1-13(2)16-12-19(9-5-8-18-16)11-15-10-14(3)6-7-17(15)20-4/h6-7,10,13,16,18H,5,8-9,11-12H2,1-4H3. The molecule has 0 aliphatic carbocycles. The third-order valence-electron chi connectivity index (χ3n) is 4.15. The summed E-state index contributed by atoms with van der Waals surface area (Å²) in [6, 6.07) is 7.04. The first-order chi connectivity index (χ1) is 9.60. The Balaban J connectivity index is 2.09. The van der Waals surface area contributed by atoms with Crippen LogP contribution >= 0.6 is 0 Å². The zero-order chi connectivity index (χ0) is 14.5. The summed E-state index contributed by atoms with van der Waals surface area (Å²) in [5.41, 5.74) is 2.60.